The van der Waals surface area contributed by atoms with Gasteiger partial charge < -0.3 is 0 Å². The van der Waals surface area contributed by atoms with Crippen LogP contribution in [0.4, 0.5) is 0 Å². The van der Waals surface area contributed by atoms with Crippen molar-refractivity contribution in [2.24, 2.45) is 0 Å². The molecule has 1 aliphatic heterocycles. The summed E-state index contributed by atoms with van der Waals surface area (Å²) in [7, 11) is 0. The molecule has 1 aliphatic rings. The zero-order valence-electron chi connectivity index (χ0n) is 7.05. The van der Waals surface area contributed by atoms with E-state index in [9.17, 15) is 0 Å². The minimum Gasteiger partial charge on any atom is -0.256 e. The van der Waals surface area contributed by atoms with Crippen LogP contribution in [-0.4, -0.2) is 9.18 Å². The van der Waals surface area contributed by atoms with Gasteiger partial charge in [-0.25, -0.2) is 0 Å². The van der Waals surface area contributed by atoms with E-state index in [1.807, 2.05) is 6.92 Å². The summed E-state index contributed by atoms with van der Waals surface area (Å²) in [6.07, 6.45) is 0.871. The number of thioether (sulfide) groups is 1. The lowest BCUT2D eigenvalue weighted by molar-refractivity contribution is 1.02. The molecule has 0 bridgehead atoms. The number of aromatic nitrogens is 1. The van der Waals surface area contributed by atoms with E-state index in [0.29, 0.717) is 0 Å². The Labute approximate surface area is 81.6 Å². The number of rotatable bonds is 0. The van der Waals surface area contributed by atoms with Gasteiger partial charge in [0.1, 0.15) is 0 Å². The molecule has 0 fully saturated rings. The van der Waals surface area contributed by atoms with Gasteiger partial charge in [-0.1, -0.05) is 24.0 Å². The molecular formula is C9H9NS2. The molecule has 0 amide bonds. The lowest BCUT2D eigenvalue weighted by atomic mass is 10.2. The van der Waals surface area contributed by atoms with Gasteiger partial charge in [-0.15, -0.1) is 0 Å². The van der Waals surface area contributed by atoms with Crippen LogP contribution in [0.3, 0.4) is 0 Å². The van der Waals surface area contributed by atoms with E-state index in [1.165, 1.54) is 10.5 Å². The fraction of sp³-hybridized carbons (Fsp3) is 0.333. The Morgan fingerprint density at radius 2 is 2.25 bits per heavy atom. The molecule has 1 nitrogen and oxygen atoms in total. The van der Waals surface area contributed by atoms with E-state index in [4.69, 9.17) is 12.2 Å². The van der Waals surface area contributed by atoms with Gasteiger partial charge in [-0.05, 0) is 25.5 Å². The molecule has 0 unspecified atom stereocenters. The molecule has 2 heterocycles. The third-order valence-corrected chi connectivity index (χ3v) is 3.38. The number of thiocarbonyl (C=S) groups is 1. The number of nitrogens with zero attached hydrogens (tertiary/aromatic N) is 1. The average molecular weight is 195 g/mol. The highest BCUT2D eigenvalue weighted by atomic mass is 32.2. The first-order valence-electron chi connectivity index (χ1n) is 3.84. The van der Waals surface area contributed by atoms with E-state index in [1.54, 1.807) is 11.8 Å². The predicted octanol–water partition coefficient (Wildman–Crippen LogP) is 2.67. The summed E-state index contributed by atoms with van der Waals surface area (Å²) in [5, 5.41) is 0. The number of fused-ring (bicyclic) bond motifs is 1. The van der Waals surface area contributed by atoms with Crippen LogP contribution in [-0.2, 0) is 6.42 Å². The smallest absolute Gasteiger partial charge is 0.0604 e. The fourth-order valence-corrected chi connectivity index (χ4v) is 2.57. The number of aryl methyl sites for hydroxylation is 2. The maximum Gasteiger partial charge on any atom is 0.0604 e. The first-order chi connectivity index (χ1) is 5.66. The monoisotopic (exact) mass is 195 g/mol. The lowest BCUT2D eigenvalue weighted by Gasteiger charge is -2.01. The van der Waals surface area contributed by atoms with Crippen molar-refractivity contribution in [3.05, 3.63) is 23.0 Å². The van der Waals surface area contributed by atoms with Crippen LogP contribution >= 0.6 is 24.0 Å². The minimum atomic E-state index is 0.871. The molecule has 12 heavy (non-hydrogen) atoms. The van der Waals surface area contributed by atoms with Crippen LogP contribution in [0.15, 0.2) is 11.0 Å². The highest BCUT2D eigenvalue weighted by molar-refractivity contribution is 8.23. The third kappa shape index (κ3) is 1.27. The molecule has 2 rings (SSSR count). The van der Waals surface area contributed by atoms with Gasteiger partial charge in [-0.2, -0.15) is 0 Å². The molecule has 1 aromatic heterocycles. The average Bonchev–Trinajstić information content (AvgIpc) is 2.30. The Kier molecular flexibility index (Phi) is 1.93. The maximum atomic E-state index is 5.13. The van der Waals surface area contributed by atoms with Gasteiger partial charge in [0.15, 0.2) is 0 Å². The Hall–Kier alpha value is -0.410. The van der Waals surface area contributed by atoms with Crippen molar-refractivity contribution in [3.8, 4) is 0 Å². The Morgan fingerprint density at radius 1 is 1.50 bits per heavy atom. The van der Waals surface area contributed by atoms with Crippen LogP contribution in [0.5, 0.6) is 0 Å². The molecular weight excluding hydrogens is 186 g/mol. The second-order valence-electron chi connectivity index (χ2n) is 2.99. The van der Waals surface area contributed by atoms with Crippen LogP contribution < -0.4 is 0 Å². The zero-order valence-corrected chi connectivity index (χ0v) is 8.68. The topological polar surface area (TPSA) is 12.9 Å². The molecule has 0 aliphatic carbocycles. The van der Waals surface area contributed by atoms with Crippen molar-refractivity contribution in [2.75, 3.05) is 0 Å². The summed E-state index contributed by atoms with van der Waals surface area (Å²) in [5.74, 6) is 0. The molecule has 0 aromatic carbocycles. The van der Waals surface area contributed by atoms with Gasteiger partial charge in [0.25, 0.3) is 0 Å². The highest BCUT2D eigenvalue weighted by Gasteiger charge is 2.18. The van der Waals surface area contributed by atoms with Gasteiger partial charge in [0, 0.05) is 17.0 Å². The highest BCUT2D eigenvalue weighted by Crippen LogP contribution is 2.33. The molecule has 0 atom stereocenters. The zero-order chi connectivity index (χ0) is 8.72. The van der Waals surface area contributed by atoms with Crippen molar-refractivity contribution < 1.29 is 0 Å². The first-order valence-corrected chi connectivity index (χ1v) is 5.07. The Morgan fingerprint density at radius 3 is 3.00 bits per heavy atom. The molecule has 0 N–H and O–H groups in total. The number of hydrogen-bond acceptors (Lipinski definition) is 3. The first kappa shape index (κ1) is 8.20. The van der Waals surface area contributed by atoms with E-state index in [0.717, 1.165) is 22.0 Å². The van der Waals surface area contributed by atoms with Crippen LogP contribution in [0, 0.1) is 13.8 Å². The summed E-state index contributed by atoms with van der Waals surface area (Å²) in [4.78, 5) is 5.75. The molecule has 0 saturated carbocycles. The summed E-state index contributed by atoms with van der Waals surface area (Å²) in [6, 6.07) is 2.18. The molecule has 1 aromatic rings. The van der Waals surface area contributed by atoms with Crippen LogP contribution in [0.25, 0.3) is 0 Å². The second kappa shape index (κ2) is 2.82. The summed E-state index contributed by atoms with van der Waals surface area (Å²) in [5.41, 5.74) is 3.54. The van der Waals surface area contributed by atoms with Gasteiger partial charge in [0.2, 0.25) is 0 Å². The normalized spacial score (nSPS) is 15.0. The maximum absolute atomic E-state index is 5.13. The van der Waals surface area contributed by atoms with Gasteiger partial charge in [0.05, 0.1) is 9.89 Å². The molecule has 0 radical (unpaired) electrons. The molecule has 0 saturated heterocycles. The third-order valence-electron chi connectivity index (χ3n) is 2.04. The molecule has 0 spiro atoms. The summed E-state index contributed by atoms with van der Waals surface area (Å²) in [6.45, 7) is 4.13. The molecule has 3 heteroatoms. The van der Waals surface area contributed by atoms with E-state index < -0.39 is 0 Å². The SMILES string of the molecule is Cc1cc2c(nc1C)CC(=S)S2. The summed E-state index contributed by atoms with van der Waals surface area (Å²) >= 11 is 6.82. The van der Waals surface area contributed by atoms with E-state index in [2.05, 4.69) is 18.0 Å². The van der Waals surface area contributed by atoms with Crippen LogP contribution in [0.2, 0.25) is 0 Å². The number of pyridine rings is 1. The largest absolute Gasteiger partial charge is 0.256 e. The van der Waals surface area contributed by atoms with E-state index in [-0.39, 0.29) is 0 Å². The van der Waals surface area contributed by atoms with Gasteiger partial charge >= 0.3 is 0 Å². The summed E-state index contributed by atoms with van der Waals surface area (Å²) < 4.78 is 1.04. The Balaban J connectivity index is 2.55. The van der Waals surface area contributed by atoms with Crippen molar-refractivity contribution >= 4 is 28.2 Å². The standard InChI is InChI=1S/C9H9NS2/c1-5-3-8-7(10-6(5)2)4-9(11)12-8/h3H,4H2,1-2H3. The minimum absolute atomic E-state index is 0.871. The van der Waals surface area contributed by atoms with Gasteiger partial charge in [-0.3, -0.25) is 4.98 Å². The molecule has 62 valence electrons. The van der Waals surface area contributed by atoms with Crippen molar-refractivity contribution in [1.82, 2.24) is 4.98 Å². The van der Waals surface area contributed by atoms with Crippen molar-refractivity contribution in [3.63, 3.8) is 0 Å². The fourth-order valence-electron chi connectivity index (χ4n) is 1.24. The number of hydrogen-bond donors (Lipinski definition) is 0. The predicted molar refractivity (Wildman–Crippen MR) is 55.9 cm³/mol. The quantitative estimate of drug-likeness (QED) is 0.591. The van der Waals surface area contributed by atoms with Crippen molar-refractivity contribution in [2.45, 2.75) is 25.2 Å². The lowest BCUT2D eigenvalue weighted by Crippen LogP contribution is -1.93. The van der Waals surface area contributed by atoms with Crippen LogP contribution in [0.1, 0.15) is 17.0 Å². The van der Waals surface area contributed by atoms with Crippen molar-refractivity contribution in [1.29, 1.82) is 0 Å². The Bertz CT molecular complexity index is 325. The van der Waals surface area contributed by atoms with E-state index >= 15 is 0 Å². The second-order valence-corrected chi connectivity index (χ2v) is 4.87.